The first-order valence-corrected chi connectivity index (χ1v) is 19.2. The van der Waals surface area contributed by atoms with Gasteiger partial charge >= 0.3 is 0 Å². The van der Waals surface area contributed by atoms with Crippen molar-refractivity contribution in [3.05, 3.63) is 70.8 Å². The van der Waals surface area contributed by atoms with Gasteiger partial charge in [-0.1, -0.05) is 24.8 Å². The molecule has 0 bridgehead atoms. The minimum atomic E-state index is -1.29. The van der Waals surface area contributed by atoms with Crippen LogP contribution in [0.1, 0.15) is 50.1 Å². The van der Waals surface area contributed by atoms with Gasteiger partial charge in [0.1, 0.15) is 18.8 Å². The summed E-state index contributed by atoms with van der Waals surface area (Å²) in [4.78, 5) is 69.6. The average Bonchev–Trinajstić information content (AvgIpc) is 3.78. The molecule has 4 heterocycles. The van der Waals surface area contributed by atoms with Gasteiger partial charge < -0.3 is 28.6 Å². The Kier molecular flexibility index (Phi) is 16.1. The quantitative estimate of drug-likeness (QED) is 0.104. The second kappa shape index (κ2) is 21.2. The molecule has 55 heavy (non-hydrogen) atoms. The number of allylic oxidation sites excluding steroid dienone is 4. The van der Waals surface area contributed by atoms with Gasteiger partial charge in [-0.3, -0.25) is 34.2 Å². The fourth-order valence-corrected chi connectivity index (χ4v) is 7.27. The molecule has 17 heteroatoms. The lowest BCUT2D eigenvalue weighted by molar-refractivity contribution is -0.149. The third kappa shape index (κ3) is 11.6. The van der Waals surface area contributed by atoms with E-state index in [0.717, 1.165) is 16.1 Å². The lowest BCUT2D eigenvalue weighted by atomic mass is 9.93. The fourth-order valence-electron chi connectivity index (χ4n) is 6.34. The fraction of sp³-hybridized carbons (Fsp3) is 0.526. The van der Waals surface area contributed by atoms with Crippen molar-refractivity contribution in [2.24, 2.45) is 0 Å². The molecule has 0 saturated carbocycles. The highest BCUT2D eigenvalue weighted by molar-refractivity contribution is 7.13. The average molecular weight is 789 g/mol. The second-order valence-electron chi connectivity index (χ2n) is 13.0. The molecule has 3 aliphatic heterocycles. The van der Waals surface area contributed by atoms with Crippen molar-refractivity contribution in [1.82, 2.24) is 15.2 Å². The maximum atomic E-state index is 14.8. The van der Waals surface area contributed by atoms with Crippen LogP contribution in [0.3, 0.4) is 0 Å². The van der Waals surface area contributed by atoms with Gasteiger partial charge in [0.2, 0.25) is 11.8 Å². The molecule has 1 aliphatic carbocycles. The molecule has 4 aliphatic rings. The van der Waals surface area contributed by atoms with Crippen molar-refractivity contribution >= 4 is 45.9 Å². The number of imide groups is 2. The number of nitrogens with zero attached hydrogens (tertiary/aromatic N) is 3. The molecule has 1 aromatic heterocycles. The SMILES string of the molecule is C=C/C=C(/CCCOCCOCCOCCCC(=O)COC1C(F)=C(F)C=CC1c1csc(N2CCOCC2)n1)C1=CC(=O)N(C2CCC(=O)NC2=O)C1=O. The number of carbonyl (C=O) groups is 5. The second-order valence-corrected chi connectivity index (χ2v) is 13.9. The molecule has 5 rings (SSSR count). The Balaban J connectivity index is 0.897. The van der Waals surface area contributed by atoms with Gasteiger partial charge in [-0.25, -0.2) is 13.8 Å². The molecule has 14 nitrogen and oxygen atoms in total. The van der Waals surface area contributed by atoms with E-state index in [9.17, 15) is 32.8 Å². The number of anilines is 1. The molecular formula is C38H46F2N4O10S. The Bertz CT molecular complexity index is 1700. The van der Waals surface area contributed by atoms with E-state index in [1.165, 1.54) is 29.6 Å². The molecular weight excluding hydrogens is 742 g/mol. The number of ether oxygens (including phenoxy) is 5. The summed E-state index contributed by atoms with van der Waals surface area (Å²) in [6.45, 7) is 7.87. The zero-order valence-corrected chi connectivity index (χ0v) is 31.3. The van der Waals surface area contributed by atoms with Crippen LogP contribution in [0.5, 0.6) is 0 Å². The Morgan fingerprint density at radius 3 is 2.40 bits per heavy atom. The summed E-state index contributed by atoms with van der Waals surface area (Å²) in [7, 11) is 0. The summed E-state index contributed by atoms with van der Waals surface area (Å²) < 4.78 is 56.7. The van der Waals surface area contributed by atoms with Crippen molar-refractivity contribution in [2.75, 3.05) is 77.5 Å². The predicted molar refractivity (Wildman–Crippen MR) is 196 cm³/mol. The topological polar surface area (TPSA) is 163 Å². The highest BCUT2D eigenvalue weighted by Gasteiger charge is 2.42. The lowest BCUT2D eigenvalue weighted by Gasteiger charge is -2.28. The summed E-state index contributed by atoms with van der Waals surface area (Å²) >= 11 is 1.42. The van der Waals surface area contributed by atoms with E-state index >= 15 is 0 Å². The molecule has 3 atom stereocenters. The number of amides is 4. The molecule has 1 aromatic rings. The number of rotatable bonds is 22. The molecule has 0 spiro atoms. The Morgan fingerprint density at radius 1 is 1.02 bits per heavy atom. The van der Waals surface area contributed by atoms with Crippen LogP contribution < -0.4 is 10.2 Å². The number of thiazole rings is 1. The monoisotopic (exact) mass is 788 g/mol. The van der Waals surface area contributed by atoms with Gasteiger partial charge in [0.05, 0.1) is 51.3 Å². The maximum Gasteiger partial charge on any atom is 0.261 e. The number of piperidine rings is 1. The smallest absolute Gasteiger partial charge is 0.261 e. The Hall–Kier alpha value is -4.26. The van der Waals surface area contributed by atoms with Crippen molar-refractivity contribution < 1.29 is 56.4 Å². The third-order valence-corrected chi connectivity index (χ3v) is 10.1. The van der Waals surface area contributed by atoms with Crippen LogP contribution in [0, 0.1) is 0 Å². The molecule has 298 valence electrons. The minimum absolute atomic E-state index is 0.0479. The van der Waals surface area contributed by atoms with E-state index in [0.29, 0.717) is 96.5 Å². The summed E-state index contributed by atoms with van der Waals surface area (Å²) in [5.74, 6) is -5.27. The number of Topliss-reactive ketones (excluding diaryl/α,β-unsaturated/α-hetero) is 1. The first-order valence-electron chi connectivity index (χ1n) is 18.3. The first kappa shape index (κ1) is 41.9. The standard InChI is InChI=1S/C38H46F2N4O10S/c1-2-5-25(28-22-33(47)44(37(28)49)31-10-11-32(46)42-36(31)48)6-3-14-50-18-20-53-21-19-51-15-4-7-26(45)23-54-35-27(8-9-29(39)34(35)40)30-24-55-38(41-30)43-12-16-52-17-13-43/h2,5,8-9,22,24,27,31,35H,1,3-4,6-7,10-21,23H2,(H,42,46,48)/b25-5-. The Labute approximate surface area is 321 Å². The number of ketones is 1. The van der Waals surface area contributed by atoms with Crippen LogP contribution in [0.4, 0.5) is 13.9 Å². The van der Waals surface area contributed by atoms with Crippen LogP contribution in [-0.4, -0.2) is 124 Å². The lowest BCUT2D eigenvalue weighted by Crippen LogP contribution is -2.54. The van der Waals surface area contributed by atoms with Crippen molar-refractivity contribution in [3.63, 3.8) is 0 Å². The number of aromatic nitrogens is 1. The van der Waals surface area contributed by atoms with Gasteiger partial charge in [-0.05, 0) is 37.3 Å². The number of hydrogen-bond donors (Lipinski definition) is 1. The van der Waals surface area contributed by atoms with Gasteiger partial charge in [0.15, 0.2) is 22.6 Å². The van der Waals surface area contributed by atoms with Crippen LogP contribution in [-0.2, 0) is 47.7 Å². The largest absolute Gasteiger partial charge is 0.379 e. The van der Waals surface area contributed by atoms with Gasteiger partial charge in [-0.15, -0.1) is 11.3 Å². The number of hydrogen-bond acceptors (Lipinski definition) is 13. The summed E-state index contributed by atoms with van der Waals surface area (Å²) in [5.41, 5.74) is 1.33. The van der Waals surface area contributed by atoms with E-state index in [1.54, 1.807) is 11.5 Å². The molecule has 2 fully saturated rings. The Morgan fingerprint density at radius 2 is 1.71 bits per heavy atom. The molecule has 0 aromatic carbocycles. The van der Waals surface area contributed by atoms with Crippen molar-refractivity contribution in [1.29, 1.82) is 0 Å². The van der Waals surface area contributed by atoms with Gasteiger partial charge in [0.25, 0.3) is 11.8 Å². The van der Waals surface area contributed by atoms with E-state index < -0.39 is 53.3 Å². The number of morpholine rings is 1. The number of carbonyl (C=O) groups excluding carboxylic acids is 5. The highest BCUT2D eigenvalue weighted by Crippen LogP contribution is 2.37. The molecule has 3 unspecified atom stereocenters. The predicted octanol–water partition coefficient (Wildman–Crippen LogP) is 3.56. The van der Waals surface area contributed by atoms with Crippen molar-refractivity contribution in [3.8, 4) is 0 Å². The highest BCUT2D eigenvalue weighted by atomic mass is 32.1. The molecule has 4 amide bonds. The summed E-state index contributed by atoms with van der Waals surface area (Å²) in [5, 5.41) is 4.75. The molecule has 1 N–H and O–H groups in total. The number of halogens is 2. The van der Waals surface area contributed by atoms with Crippen molar-refractivity contribution in [2.45, 2.75) is 56.6 Å². The third-order valence-electron chi connectivity index (χ3n) is 9.18. The van der Waals surface area contributed by atoms with Crippen LogP contribution >= 0.6 is 11.3 Å². The van der Waals surface area contributed by atoms with E-state index in [2.05, 4.69) is 21.8 Å². The summed E-state index contributed by atoms with van der Waals surface area (Å²) in [6, 6.07) is -1.02. The van der Waals surface area contributed by atoms with Gasteiger partial charge in [0, 0.05) is 56.2 Å². The molecule has 0 radical (unpaired) electrons. The zero-order chi connectivity index (χ0) is 39.2. The summed E-state index contributed by atoms with van der Waals surface area (Å²) in [6.07, 6.45) is 7.36. The number of nitrogens with one attached hydrogen (secondary N) is 1. The van der Waals surface area contributed by atoms with Crippen LogP contribution in [0.15, 0.2) is 65.1 Å². The minimum Gasteiger partial charge on any atom is -0.379 e. The van der Waals surface area contributed by atoms with Crippen LogP contribution in [0.2, 0.25) is 0 Å². The zero-order valence-electron chi connectivity index (χ0n) is 30.5. The van der Waals surface area contributed by atoms with E-state index in [1.807, 2.05) is 0 Å². The first-order chi connectivity index (χ1) is 26.7. The van der Waals surface area contributed by atoms with E-state index in [-0.39, 0.29) is 37.2 Å². The van der Waals surface area contributed by atoms with Gasteiger partial charge in [-0.2, -0.15) is 0 Å². The van der Waals surface area contributed by atoms with E-state index in [4.69, 9.17) is 23.7 Å². The van der Waals surface area contributed by atoms with Crippen LogP contribution in [0.25, 0.3) is 0 Å². The maximum absolute atomic E-state index is 14.8. The normalized spacial score (nSPS) is 22.1. The molecule has 2 saturated heterocycles.